The van der Waals surface area contributed by atoms with Crippen molar-refractivity contribution in [2.75, 3.05) is 5.32 Å². The van der Waals surface area contributed by atoms with E-state index in [0.29, 0.717) is 41.9 Å². The molecular formula is C24H27FN4O4. The van der Waals surface area contributed by atoms with Gasteiger partial charge in [0.05, 0.1) is 17.6 Å². The fourth-order valence-electron chi connectivity index (χ4n) is 3.26. The monoisotopic (exact) mass is 454 g/mol. The van der Waals surface area contributed by atoms with E-state index in [1.165, 1.54) is 16.8 Å². The van der Waals surface area contributed by atoms with Crippen LogP contribution >= 0.6 is 0 Å². The number of anilines is 2. The number of aryl methyl sites for hydroxylation is 1. The number of hydrogen-bond donors (Lipinski definition) is 1. The van der Waals surface area contributed by atoms with E-state index in [4.69, 9.17) is 9.47 Å². The number of nitrogens with zero attached hydrogens (tertiary/aromatic N) is 3. The number of carbonyl (C=O) groups excluding carboxylic acids is 1. The summed E-state index contributed by atoms with van der Waals surface area (Å²) < 4.78 is 25.5. The van der Waals surface area contributed by atoms with E-state index in [2.05, 4.69) is 15.4 Å². The molecule has 0 aliphatic heterocycles. The molecule has 0 aliphatic rings. The van der Waals surface area contributed by atoms with Gasteiger partial charge in [0, 0.05) is 23.9 Å². The second kappa shape index (κ2) is 11.2. The number of pyridine rings is 1. The zero-order chi connectivity index (χ0) is 23.8. The molecule has 2 aromatic heterocycles. The summed E-state index contributed by atoms with van der Waals surface area (Å²) in [5, 5.41) is 7.54. The molecule has 2 heterocycles. The van der Waals surface area contributed by atoms with Gasteiger partial charge in [-0.05, 0) is 56.2 Å². The maximum absolute atomic E-state index is 13.5. The number of carbonyl (C=O) groups is 1. The molecule has 0 saturated carbocycles. The maximum atomic E-state index is 13.5. The van der Waals surface area contributed by atoms with Crippen LogP contribution in [0.25, 0.3) is 11.3 Å². The van der Waals surface area contributed by atoms with Crippen molar-refractivity contribution in [2.24, 2.45) is 0 Å². The highest BCUT2D eigenvalue weighted by atomic mass is 19.1. The SMILES string of the molecule is CCC(CC)OC(=O)OCc1c(-c2ccc(F)cc2)nn(CC)c(=O)c1Nc1cccnc1. The van der Waals surface area contributed by atoms with E-state index in [9.17, 15) is 14.0 Å². The van der Waals surface area contributed by atoms with Crippen LogP contribution in [0.2, 0.25) is 0 Å². The van der Waals surface area contributed by atoms with Gasteiger partial charge >= 0.3 is 6.16 Å². The average molecular weight is 455 g/mol. The van der Waals surface area contributed by atoms with Crippen molar-refractivity contribution in [3.8, 4) is 11.3 Å². The van der Waals surface area contributed by atoms with Crippen molar-refractivity contribution >= 4 is 17.5 Å². The third kappa shape index (κ3) is 5.94. The van der Waals surface area contributed by atoms with E-state index in [-0.39, 0.29) is 24.0 Å². The molecule has 3 rings (SSSR count). The molecule has 0 aliphatic carbocycles. The van der Waals surface area contributed by atoms with Gasteiger partial charge < -0.3 is 14.8 Å². The molecule has 0 unspecified atom stereocenters. The minimum Gasteiger partial charge on any atom is -0.431 e. The van der Waals surface area contributed by atoms with Crippen LogP contribution < -0.4 is 10.9 Å². The van der Waals surface area contributed by atoms with Crippen LogP contribution in [0, 0.1) is 5.82 Å². The molecule has 0 spiro atoms. The number of rotatable bonds is 9. The lowest BCUT2D eigenvalue weighted by molar-refractivity contribution is 0.0168. The van der Waals surface area contributed by atoms with Crippen molar-refractivity contribution in [3.63, 3.8) is 0 Å². The summed E-state index contributed by atoms with van der Waals surface area (Å²) in [5.41, 5.74) is 1.68. The van der Waals surface area contributed by atoms with Gasteiger partial charge in [-0.3, -0.25) is 9.78 Å². The Hall–Kier alpha value is -3.75. The standard InChI is InChI=1S/C24H27FN4O4/c1-4-19(5-2)33-24(31)32-15-20-21(16-9-11-17(25)12-10-16)28-29(6-3)23(30)22(20)27-18-8-7-13-26-14-18/h7-14,19,27H,4-6,15H2,1-3H3. The Balaban J connectivity index is 2.07. The number of aromatic nitrogens is 3. The third-order valence-corrected chi connectivity index (χ3v) is 5.11. The van der Waals surface area contributed by atoms with Gasteiger partial charge in [0.2, 0.25) is 0 Å². The average Bonchev–Trinajstić information content (AvgIpc) is 2.84. The molecule has 0 saturated heterocycles. The lowest BCUT2D eigenvalue weighted by atomic mass is 10.1. The number of nitrogens with one attached hydrogen (secondary N) is 1. The molecule has 1 N–H and O–H groups in total. The molecule has 0 bridgehead atoms. The second-order valence-corrected chi connectivity index (χ2v) is 7.29. The molecule has 1 aromatic carbocycles. The summed E-state index contributed by atoms with van der Waals surface area (Å²) >= 11 is 0. The Labute approximate surface area is 191 Å². The van der Waals surface area contributed by atoms with Crippen LogP contribution in [0.3, 0.4) is 0 Å². The summed E-state index contributed by atoms with van der Waals surface area (Å²) in [6.07, 6.45) is 3.42. The summed E-state index contributed by atoms with van der Waals surface area (Å²) in [5.74, 6) is -0.400. The highest BCUT2D eigenvalue weighted by molar-refractivity contribution is 5.73. The van der Waals surface area contributed by atoms with Crippen molar-refractivity contribution in [2.45, 2.75) is 52.9 Å². The van der Waals surface area contributed by atoms with Crippen LogP contribution in [-0.4, -0.2) is 27.0 Å². The predicted octanol–water partition coefficient (Wildman–Crippen LogP) is 5.05. The summed E-state index contributed by atoms with van der Waals surface area (Å²) in [6.45, 7) is 5.67. The lowest BCUT2D eigenvalue weighted by Gasteiger charge is -2.18. The molecule has 0 fully saturated rings. The first-order chi connectivity index (χ1) is 16.0. The molecule has 9 heteroatoms. The van der Waals surface area contributed by atoms with Crippen LogP contribution in [0.15, 0.2) is 53.6 Å². The van der Waals surface area contributed by atoms with E-state index < -0.39 is 12.0 Å². The highest BCUT2D eigenvalue weighted by Crippen LogP contribution is 2.28. The first-order valence-corrected chi connectivity index (χ1v) is 10.9. The largest absolute Gasteiger partial charge is 0.508 e. The smallest absolute Gasteiger partial charge is 0.431 e. The Kier molecular flexibility index (Phi) is 8.12. The molecule has 174 valence electrons. The van der Waals surface area contributed by atoms with Gasteiger partial charge in [-0.25, -0.2) is 13.9 Å². The lowest BCUT2D eigenvalue weighted by Crippen LogP contribution is -2.28. The van der Waals surface area contributed by atoms with Gasteiger partial charge in [-0.2, -0.15) is 5.10 Å². The highest BCUT2D eigenvalue weighted by Gasteiger charge is 2.21. The Morgan fingerprint density at radius 2 is 1.88 bits per heavy atom. The predicted molar refractivity (Wildman–Crippen MR) is 123 cm³/mol. The summed E-state index contributed by atoms with van der Waals surface area (Å²) in [7, 11) is 0. The molecule has 0 amide bonds. The van der Waals surface area contributed by atoms with E-state index in [1.54, 1.807) is 43.6 Å². The fourth-order valence-corrected chi connectivity index (χ4v) is 3.26. The van der Waals surface area contributed by atoms with Gasteiger partial charge in [-0.15, -0.1) is 0 Å². The molecule has 0 radical (unpaired) electrons. The van der Waals surface area contributed by atoms with Crippen molar-refractivity contribution < 1.29 is 18.7 Å². The molecule has 3 aromatic rings. The Bertz CT molecular complexity index is 1130. The van der Waals surface area contributed by atoms with Crippen molar-refractivity contribution in [1.29, 1.82) is 0 Å². The van der Waals surface area contributed by atoms with Gasteiger partial charge in [0.25, 0.3) is 5.56 Å². The van der Waals surface area contributed by atoms with Crippen molar-refractivity contribution in [1.82, 2.24) is 14.8 Å². The van der Waals surface area contributed by atoms with E-state index in [1.807, 2.05) is 13.8 Å². The second-order valence-electron chi connectivity index (χ2n) is 7.29. The third-order valence-electron chi connectivity index (χ3n) is 5.11. The first-order valence-electron chi connectivity index (χ1n) is 10.9. The number of halogens is 1. The van der Waals surface area contributed by atoms with Gasteiger partial charge in [0.1, 0.15) is 24.2 Å². The van der Waals surface area contributed by atoms with Gasteiger partial charge in [0.15, 0.2) is 0 Å². The number of ether oxygens (including phenoxy) is 2. The van der Waals surface area contributed by atoms with E-state index >= 15 is 0 Å². The maximum Gasteiger partial charge on any atom is 0.508 e. The summed E-state index contributed by atoms with van der Waals surface area (Å²) in [6, 6.07) is 9.21. The Morgan fingerprint density at radius 3 is 2.48 bits per heavy atom. The topological polar surface area (TPSA) is 95.3 Å². The summed E-state index contributed by atoms with van der Waals surface area (Å²) in [4.78, 5) is 29.5. The zero-order valence-corrected chi connectivity index (χ0v) is 18.9. The molecule has 8 nitrogen and oxygen atoms in total. The van der Waals surface area contributed by atoms with E-state index in [0.717, 1.165) is 0 Å². The Morgan fingerprint density at radius 1 is 1.15 bits per heavy atom. The zero-order valence-electron chi connectivity index (χ0n) is 18.9. The molecule has 33 heavy (non-hydrogen) atoms. The first kappa shape index (κ1) is 23.9. The van der Waals surface area contributed by atoms with Crippen LogP contribution in [0.5, 0.6) is 0 Å². The number of hydrogen-bond acceptors (Lipinski definition) is 7. The fraction of sp³-hybridized carbons (Fsp3) is 0.333. The molecular weight excluding hydrogens is 427 g/mol. The quantitative estimate of drug-likeness (QED) is 0.452. The van der Waals surface area contributed by atoms with Crippen LogP contribution in [0.4, 0.5) is 20.6 Å². The normalized spacial score (nSPS) is 10.8. The van der Waals surface area contributed by atoms with Crippen LogP contribution in [0.1, 0.15) is 39.2 Å². The minimum atomic E-state index is -0.833. The molecule has 0 atom stereocenters. The van der Waals surface area contributed by atoms with Gasteiger partial charge in [-0.1, -0.05) is 13.8 Å². The van der Waals surface area contributed by atoms with Crippen molar-refractivity contribution in [3.05, 3.63) is 70.5 Å². The minimum absolute atomic E-state index is 0.189. The van der Waals surface area contributed by atoms with Crippen LogP contribution in [-0.2, 0) is 22.6 Å². The number of benzene rings is 1.